The summed E-state index contributed by atoms with van der Waals surface area (Å²) in [6, 6.07) is 1.05. The molecule has 3 heterocycles. The number of alkyl halides is 2. The predicted molar refractivity (Wildman–Crippen MR) is 131 cm³/mol. The topological polar surface area (TPSA) is 128 Å². The van der Waals surface area contributed by atoms with E-state index in [0.717, 1.165) is 6.07 Å². The molecule has 2 aromatic rings. The molecule has 1 saturated heterocycles. The normalized spacial score (nSPS) is 20.5. The van der Waals surface area contributed by atoms with Gasteiger partial charge >= 0.3 is 11.9 Å². The maximum absolute atomic E-state index is 15.1. The summed E-state index contributed by atoms with van der Waals surface area (Å²) in [7, 11) is 1.17. The molecule has 2 aliphatic heterocycles. The van der Waals surface area contributed by atoms with E-state index in [2.05, 4.69) is 20.1 Å². The Kier molecular flexibility index (Phi) is 8.67. The first-order valence-corrected chi connectivity index (χ1v) is 12.5. The number of nitrogens with zero attached hydrogens (tertiary/aromatic N) is 3. The number of morpholine rings is 1. The molecule has 1 fully saturated rings. The molecule has 15 heteroatoms. The van der Waals surface area contributed by atoms with Crippen LogP contribution in [0.2, 0.25) is 5.02 Å². The lowest BCUT2D eigenvalue weighted by Gasteiger charge is -2.40. The monoisotopic (exact) mass is 573 g/mol. The maximum atomic E-state index is 15.1. The van der Waals surface area contributed by atoms with Crippen LogP contribution in [0.4, 0.5) is 13.2 Å². The molecular formula is C23H23ClF3N5O5S. The lowest BCUT2D eigenvalue weighted by molar-refractivity contribution is -0.167. The highest BCUT2D eigenvalue weighted by atomic mass is 35.5. The molecule has 0 bridgehead atoms. The van der Waals surface area contributed by atoms with Crippen LogP contribution in [-0.2, 0) is 23.9 Å². The molecule has 0 radical (unpaired) electrons. The molecule has 2 aliphatic rings. The van der Waals surface area contributed by atoms with Crippen LogP contribution in [0.5, 0.6) is 0 Å². The zero-order valence-corrected chi connectivity index (χ0v) is 21.5. The van der Waals surface area contributed by atoms with Gasteiger partial charge in [-0.3, -0.25) is 14.7 Å². The average Bonchev–Trinajstić information content (AvgIpc) is 3.43. The summed E-state index contributed by atoms with van der Waals surface area (Å²) in [5.74, 6) is -1.20. The fraction of sp³-hybridized carbons (Fsp3) is 0.391. The Hall–Kier alpha value is -3.04. The number of benzene rings is 1. The van der Waals surface area contributed by atoms with Gasteiger partial charge in [-0.05, 0) is 12.1 Å². The van der Waals surface area contributed by atoms with Crippen LogP contribution < -0.4 is 11.2 Å². The number of halogens is 4. The lowest BCUT2D eigenvalue weighted by atomic mass is 9.94. The van der Waals surface area contributed by atoms with Crippen LogP contribution in [0.3, 0.4) is 0 Å². The van der Waals surface area contributed by atoms with Gasteiger partial charge in [0, 0.05) is 40.9 Å². The Morgan fingerprint density at radius 3 is 2.84 bits per heavy atom. The van der Waals surface area contributed by atoms with Crippen molar-refractivity contribution in [2.45, 2.75) is 24.4 Å². The van der Waals surface area contributed by atoms with E-state index in [-0.39, 0.29) is 48.4 Å². The van der Waals surface area contributed by atoms with Crippen molar-refractivity contribution in [2.75, 3.05) is 33.4 Å². The summed E-state index contributed by atoms with van der Waals surface area (Å²) in [6.07, 6.45) is 0.294. The van der Waals surface area contributed by atoms with E-state index in [9.17, 15) is 14.0 Å². The molecule has 2 atom stereocenters. The van der Waals surface area contributed by atoms with Crippen LogP contribution in [0.1, 0.15) is 23.0 Å². The highest BCUT2D eigenvalue weighted by Crippen LogP contribution is 2.38. The number of nitrogens with one attached hydrogen (secondary N) is 1. The zero-order chi connectivity index (χ0) is 27.4. The molecule has 10 nitrogen and oxygen atoms in total. The van der Waals surface area contributed by atoms with Gasteiger partial charge in [-0.25, -0.2) is 22.9 Å². The molecule has 0 amide bonds. The van der Waals surface area contributed by atoms with Crippen LogP contribution >= 0.6 is 22.9 Å². The Balaban J connectivity index is 1.79. The van der Waals surface area contributed by atoms with Crippen molar-refractivity contribution in [3.8, 4) is 0 Å². The van der Waals surface area contributed by atoms with Gasteiger partial charge in [0.25, 0.3) is 5.92 Å². The van der Waals surface area contributed by atoms with E-state index >= 15 is 8.78 Å². The molecule has 204 valence electrons. The summed E-state index contributed by atoms with van der Waals surface area (Å²) in [4.78, 5) is 38.8. The summed E-state index contributed by atoms with van der Waals surface area (Å²) >= 11 is 7.59. The van der Waals surface area contributed by atoms with Gasteiger partial charge in [0.05, 0.1) is 31.9 Å². The van der Waals surface area contributed by atoms with Gasteiger partial charge in [-0.1, -0.05) is 17.7 Å². The smallest absolute Gasteiger partial charge is 0.338 e. The number of hydrogen-bond acceptors (Lipinski definition) is 11. The third-order valence-electron chi connectivity index (χ3n) is 6.02. The molecule has 3 N–H and O–H groups in total. The van der Waals surface area contributed by atoms with Crippen LogP contribution in [-0.4, -0.2) is 73.0 Å². The highest BCUT2D eigenvalue weighted by molar-refractivity contribution is 7.11. The minimum absolute atomic E-state index is 0.00348. The Bertz CT molecular complexity index is 1260. The number of carbonyl (C=O) groups is 2. The van der Waals surface area contributed by atoms with Gasteiger partial charge in [-0.2, -0.15) is 5.90 Å². The number of carbonyl (C=O) groups excluding carboxylic acids is 2. The molecule has 0 spiro atoms. The second-order valence-electron chi connectivity index (χ2n) is 8.38. The third-order valence-corrected chi connectivity index (χ3v) is 7.13. The number of methoxy groups -OCH3 is 1. The minimum atomic E-state index is -3.57. The van der Waals surface area contributed by atoms with Crippen molar-refractivity contribution in [1.82, 2.24) is 15.2 Å². The highest BCUT2D eigenvalue weighted by Gasteiger charge is 2.47. The number of rotatable bonds is 8. The number of nitrogens with two attached hydrogens (primary N) is 1. The van der Waals surface area contributed by atoms with Crippen molar-refractivity contribution in [3.05, 3.63) is 62.5 Å². The van der Waals surface area contributed by atoms with Gasteiger partial charge in [0.2, 0.25) is 0 Å². The molecule has 38 heavy (non-hydrogen) atoms. The van der Waals surface area contributed by atoms with E-state index in [4.69, 9.17) is 27.0 Å². The van der Waals surface area contributed by atoms with Crippen molar-refractivity contribution in [2.24, 2.45) is 10.9 Å². The number of aromatic nitrogens is 1. The molecule has 4 rings (SSSR count). The largest absolute Gasteiger partial charge is 0.466 e. The van der Waals surface area contributed by atoms with Crippen molar-refractivity contribution in [1.29, 1.82) is 0 Å². The standard InChI is InChI=1S/C23H23ClF3N5O5S/c1-35-22(34)18-15(10-32-5-6-36-11-16(32)23(26,27)9-17(33)37-28)30-20(21-29-4-7-38-21)31-19(18)13-3-2-12(25)8-14(13)24/h2-4,7-8,16,19H,5-6,9-11,28H2,1H3,(H,30,31)/t16?,19-/m0/s1. The lowest BCUT2D eigenvalue weighted by Crippen LogP contribution is -2.57. The van der Waals surface area contributed by atoms with Crippen molar-refractivity contribution >= 4 is 40.7 Å². The summed E-state index contributed by atoms with van der Waals surface area (Å²) in [5, 5.41) is 5.23. The number of hydrogen-bond donors (Lipinski definition) is 2. The fourth-order valence-electron chi connectivity index (χ4n) is 4.24. The van der Waals surface area contributed by atoms with E-state index in [1.165, 1.54) is 35.5 Å². The number of esters is 1. The Labute approximate surface area is 224 Å². The van der Waals surface area contributed by atoms with E-state index in [1.54, 1.807) is 11.6 Å². The first-order chi connectivity index (χ1) is 18.1. The Morgan fingerprint density at radius 1 is 1.39 bits per heavy atom. The minimum Gasteiger partial charge on any atom is -0.466 e. The maximum Gasteiger partial charge on any atom is 0.338 e. The Morgan fingerprint density at radius 2 is 2.18 bits per heavy atom. The van der Waals surface area contributed by atoms with Gasteiger partial charge in [0.15, 0.2) is 10.8 Å². The molecule has 1 aromatic carbocycles. The molecule has 1 aromatic heterocycles. The first kappa shape index (κ1) is 28.0. The van der Waals surface area contributed by atoms with Crippen LogP contribution in [0.25, 0.3) is 0 Å². The second-order valence-corrected chi connectivity index (χ2v) is 9.68. The summed E-state index contributed by atoms with van der Waals surface area (Å²) in [6.45, 7) is -0.392. The zero-order valence-electron chi connectivity index (χ0n) is 20.0. The number of ether oxygens (including phenoxy) is 2. The van der Waals surface area contributed by atoms with Crippen molar-refractivity contribution in [3.63, 3.8) is 0 Å². The van der Waals surface area contributed by atoms with E-state index in [1.807, 2.05) is 0 Å². The SMILES string of the molecule is COC(=O)C1=C(CN2CCOCC2C(F)(F)CC(=O)ON)NC(c2nccs2)=N[C@H]1c1ccc(F)cc1Cl. The molecular weight excluding hydrogens is 551 g/mol. The number of aliphatic imine (C=N–C) groups is 1. The third kappa shape index (κ3) is 5.99. The van der Waals surface area contributed by atoms with Gasteiger partial charge < -0.3 is 19.6 Å². The van der Waals surface area contributed by atoms with Crippen LogP contribution in [0, 0.1) is 5.82 Å². The van der Waals surface area contributed by atoms with Gasteiger partial charge in [0.1, 0.15) is 18.3 Å². The van der Waals surface area contributed by atoms with E-state index < -0.39 is 42.2 Å². The molecule has 0 saturated carbocycles. The number of amidine groups is 1. The predicted octanol–water partition coefficient (Wildman–Crippen LogP) is 2.60. The number of thiazole rings is 1. The quantitative estimate of drug-likeness (QED) is 0.362. The molecule has 1 unspecified atom stereocenters. The summed E-state index contributed by atoms with van der Waals surface area (Å²) < 4.78 is 54.3. The summed E-state index contributed by atoms with van der Waals surface area (Å²) in [5.41, 5.74) is 0.499. The van der Waals surface area contributed by atoms with Gasteiger partial charge in [-0.15, -0.1) is 11.3 Å². The second kappa shape index (κ2) is 11.8. The van der Waals surface area contributed by atoms with Crippen molar-refractivity contribution < 1.29 is 37.1 Å². The van der Waals surface area contributed by atoms with E-state index in [0.29, 0.717) is 10.6 Å². The first-order valence-electron chi connectivity index (χ1n) is 11.2. The average molecular weight is 574 g/mol. The van der Waals surface area contributed by atoms with Crippen LogP contribution in [0.15, 0.2) is 46.0 Å². The molecule has 0 aliphatic carbocycles. The fourth-order valence-corrected chi connectivity index (χ4v) is 5.10.